The average Bonchev–Trinajstić information content (AvgIpc) is 3.03. The number of phosphoric ester groups is 1. The summed E-state index contributed by atoms with van der Waals surface area (Å²) in [6, 6.07) is 0. The van der Waals surface area contributed by atoms with E-state index in [9.17, 15) is 14.2 Å². The van der Waals surface area contributed by atoms with Crippen LogP contribution in [0, 0.1) is 0 Å². The molecule has 274 valence electrons. The summed E-state index contributed by atoms with van der Waals surface area (Å²) < 4.78 is 26.3. The van der Waals surface area contributed by atoms with Gasteiger partial charge in [0.05, 0.1) is 6.61 Å². The van der Waals surface area contributed by atoms with Crippen LogP contribution in [0.15, 0.2) is 36.5 Å². The Morgan fingerprint density at radius 1 is 0.553 bits per heavy atom. The van der Waals surface area contributed by atoms with Crippen molar-refractivity contribution in [1.82, 2.24) is 0 Å². The van der Waals surface area contributed by atoms with Crippen molar-refractivity contribution in [3.8, 4) is 0 Å². The molecule has 0 aliphatic heterocycles. The monoisotopic (exact) mass is 684 g/mol. The maximum atomic E-state index is 12.3. The minimum Gasteiger partial charge on any atom is -0.462 e. The molecule has 0 saturated carbocycles. The molecule has 1 atom stereocenters. The molecule has 1 unspecified atom stereocenters. The Morgan fingerprint density at radius 2 is 0.979 bits per heavy atom. The first-order valence-corrected chi connectivity index (χ1v) is 20.3. The Labute approximate surface area is 287 Å². The summed E-state index contributed by atoms with van der Waals surface area (Å²) in [6.07, 6.45) is 38.6. The summed E-state index contributed by atoms with van der Waals surface area (Å²) in [6.45, 7) is 3.61. The first kappa shape index (κ1) is 45.3. The van der Waals surface area contributed by atoms with Crippen LogP contribution in [0.25, 0.3) is 0 Å². The molecule has 0 saturated heterocycles. The van der Waals surface area contributed by atoms with Gasteiger partial charge in [0.25, 0.3) is 0 Å². The van der Waals surface area contributed by atoms with Gasteiger partial charge in [-0.1, -0.05) is 134 Å². The molecule has 0 rings (SSSR count). The van der Waals surface area contributed by atoms with Gasteiger partial charge in [-0.15, -0.1) is 0 Å². The second-order valence-corrected chi connectivity index (χ2v) is 13.8. The second-order valence-electron chi connectivity index (χ2n) is 12.5. The molecule has 0 aliphatic rings. The average molecular weight is 685 g/mol. The molecule has 0 spiro atoms. The molecule has 0 bridgehead atoms. The van der Waals surface area contributed by atoms with Crippen LogP contribution in [-0.4, -0.2) is 41.0 Å². The van der Waals surface area contributed by atoms with E-state index >= 15 is 0 Å². The molecule has 0 aromatic heterocycles. The summed E-state index contributed by atoms with van der Waals surface area (Å²) in [5.41, 5.74) is 0. The third kappa shape index (κ3) is 36.9. The zero-order chi connectivity index (χ0) is 34.7. The zero-order valence-corrected chi connectivity index (χ0v) is 30.8. The summed E-state index contributed by atoms with van der Waals surface area (Å²) in [5.74, 6) is -0.911. The highest BCUT2D eigenvalue weighted by Crippen LogP contribution is 2.36. The van der Waals surface area contributed by atoms with Crippen molar-refractivity contribution in [3.63, 3.8) is 0 Å². The quantitative estimate of drug-likeness (QED) is 0.0297. The molecule has 2 N–H and O–H groups in total. The van der Waals surface area contributed by atoms with Crippen LogP contribution in [0.5, 0.6) is 0 Å². The maximum Gasteiger partial charge on any atom is 0.469 e. The van der Waals surface area contributed by atoms with E-state index in [2.05, 4.69) is 54.8 Å². The van der Waals surface area contributed by atoms with E-state index in [1.165, 1.54) is 57.8 Å². The number of phosphoric acid groups is 1. The Kier molecular flexibility index (Phi) is 32.9. The molecule has 0 radical (unpaired) electrons. The van der Waals surface area contributed by atoms with Crippen LogP contribution in [-0.2, 0) is 28.2 Å². The summed E-state index contributed by atoms with van der Waals surface area (Å²) in [5, 5.41) is 0. The maximum absolute atomic E-state index is 12.3. The van der Waals surface area contributed by atoms with Crippen LogP contribution < -0.4 is 0 Å². The SMILES string of the molecule is CCCC/C=C\C/C=C\CCCCCCCC(=O)OC(COC(=O)CCCCCCC/C=C\CCCCCCCC)COP(=O)(O)O. The molecule has 9 heteroatoms. The fourth-order valence-corrected chi connectivity index (χ4v) is 5.39. The van der Waals surface area contributed by atoms with Crippen molar-refractivity contribution in [2.45, 2.75) is 180 Å². The predicted octanol–water partition coefficient (Wildman–Crippen LogP) is 11.0. The Hall–Kier alpha value is -1.73. The van der Waals surface area contributed by atoms with Gasteiger partial charge in [-0.2, -0.15) is 0 Å². The van der Waals surface area contributed by atoms with Crippen LogP contribution in [0.3, 0.4) is 0 Å². The van der Waals surface area contributed by atoms with E-state index in [4.69, 9.17) is 19.3 Å². The number of esters is 2. The topological polar surface area (TPSA) is 119 Å². The van der Waals surface area contributed by atoms with E-state index in [1.807, 2.05) is 0 Å². The van der Waals surface area contributed by atoms with Gasteiger partial charge in [-0.25, -0.2) is 4.57 Å². The van der Waals surface area contributed by atoms with Crippen molar-refractivity contribution >= 4 is 19.8 Å². The first-order valence-electron chi connectivity index (χ1n) is 18.8. The smallest absolute Gasteiger partial charge is 0.462 e. The Bertz CT molecular complexity index is 864. The number of hydrogen-bond acceptors (Lipinski definition) is 6. The lowest BCUT2D eigenvalue weighted by Crippen LogP contribution is -2.29. The Morgan fingerprint density at radius 3 is 1.49 bits per heavy atom. The van der Waals surface area contributed by atoms with Gasteiger partial charge in [0.1, 0.15) is 6.61 Å². The Balaban J connectivity index is 4.00. The van der Waals surface area contributed by atoms with Gasteiger partial charge in [-0.05, 0) is 64.2 Å². The van der Waals surface area contributed by atoms with Crippen molar-refractivity contribution in [1.29, 1.82) is 0 Å². The highest BCUT2D eigenvalue weighted by atomic mass is 31.2. The molecular formula is C38H69O8P. The zero-order valence-electron chi connectivity index (χ0n) is 29.9. The predicted molar refractivity (Wildman–Crippen MR) is 193 cm³/mol. The van der Waals surface area contributed by atoms with E-state index in [0.29, 0.717) is 12.8 Å². The normalized spacial score (nSPS) is 12.9. The number of carbonyl (C=O) groups is 2. The molecule has 47 heavy (non-hydrogen) atoms. The molecule has 0 aliphatic carbocycles. The molecular weight excluding hydrogens is 615 g/mol. The third-order valence-electron chi connectivity index (χ3n) is 7.88. The lowest BCUT2D eigenvalue weighted by Gasteiger charge is -2.18. The number of ether oxygens (including phenoxy) is 2. The molecule has 0 aromatic rings. The van der Waals surface area contributed by atoms with Crippen LogP contribution in [0.1, 0.15) is 174 Å². The van der Waals surface area contributed by atoms with Crippen molar-refractivity contribution in [3.05, 3.63) is 36.5 Å². The van der Waals surface area contributed by atoms with Crippen molar-refractivity contribution in [2.24, 2.45) is 0 Å². The first-order chi connectivity index (χ1) is 22.8. The second kappa shape index (κ2) is 34.1. The third-order valence-corrected chi connectivity index (χ3v) is 8.37. The van der Waals surface area contributed by atoms with Gasteiger partial charge >= 0.3 is 19.8 Å². The summed E-state index contributed by atoms with van der Waals surface area (Å²) >= 11 is 0. The fourth-order valence-electron chi connectivity index (χ4n) is 5.03. The molecule has 0 fully saturated rings. The lowest BCUT2D eigenvalue weighted by atomic mass is 10.1. The molecule has 8 nitrogen and oxygen atoms in total. The molecule has 0 heterocycles. The van der Waals surface area contributed by atoms with E-state index in [1.54, 1.807) is 0 Å². The number of carbonyl (C=O) groups excluding carboxylic acids is 2. The van der Waals surface area contributed by atoms with E-state index in [-0.39, 0.29) is 19.4 Å². The van der Waals surface area contributed by atoms with Crippen molar-refractivity contribution in [2.75, 3.05) is 13.2 Å². The number of allylic oxidation sites excluding steroid dienone is 6. The van der Waals surface area contributed by atoms with E-state index in [0.717, 1.165) is 77.0 Å². The van der Waals surface area contributed by atoms with Gasteiger partial charge in [0.15, 0.2) is 6.10 Å². The van der Waals surface area contributed by atoms with Gasteiger partial charge in [-0.3, -0.25) is 14.1 Å². The molecule has 0 aromatic carbocycles. The highest BCUT2D eigenvalue weighted by molar-refractivity contribution is 7.46. The van der Waals surface area contributed by atoms with Gasteiger partial charge in [0, 0.05) is 12.8 Å². The largest absolute Gasteiger partial charge is 0.469 e. The highest BCUT2D eigenvalue weighted by Gasteiger charge is 2.22. The number of hydrogen-bond donors (Lipinski definition) is 2. The minimum absolute atomic E-state index is 0.194. The van der Waals surface area contributed by atoms with Crippen LogP contribution in [0.2, 0.25) is 0 Å². The van der Waals surface area contributed by atoms with Crippen molar-refractivity contribution < 1.29 is 37.9 Å². The lowest BCUT2D eigenvalue weighted by molar-refractivity contribution is -0.161. The number of rotatable bonds is 34. The number of unbranched alkanes of at least 4 members (excludes halogenated alkanes) is 18. The van der Waals surface area contributed by atoms with Gasteiger partial charge < -0.3 is 19.3 Å². The molecule has 0 amide bonds. The van der Waals surface area contributed by atoms with E-state index < -0.39 is 32.5 Å². The van der Waals surface area contributed by atoms with Gasteiger partial charge in [0.2, 0.25) is 0 Å². The summed E-state index contributed by atoms with van der Waals surface area (Å²) in [4.78, 5) is 42.7. The van der Waals surface area contributed by atoms with Crippen LogP contribution in [0.4, 0.5) is 0 Å². The summed E-state index contributed by atoms with van der Waals surface area (Å²) in [7, 11) is -4.75. The van der Waals surface area contributed by atoms with Crippen LogP contribution >= 0.6 is 7.82 Å². The minimum atomic E-state index is -4.75. The standard InChI is InChI=1S/C38H69O8P/c1-3-5-7-9-11-13-15-17-19-21-22-24-26-28-30-32-37(39)44-34-36(35-45-47(41,42)43)46-38(40)33-31-29-27-25-23-20-18-16-14-12-10-8-6-4-2/h10,12,16-19,36H,3-9,11,13-15,20-35H2,1-2H3,(H2,41,42,43)/b12-10-,18-16-,19-17-. The fraction of sp³-hybridized carbons (Fsp3) is 0.789.